The van der Waals surface area contributed by atoms with Crippen LogP contribution in [-0.4, -0.2) is 52.9 Å². The molecular weight excluding hydrogens is 373 g/mol. The topological polar surface area (TPSA) is 68.4 Å². The molecule has 1 aliphatic heterocycles. The minimum atomic E-state index is -4.39. The van der Waals surface area contributed by atoms with Crippen LogP contribution in [0.2, 0.25) is 0 Å². The van der Waals surface area contributed by atoms with E-state index < -0.39 is 11.7 Å². The second-order valence-corrected chi connectivity index (χ2v) is 7.13. The number of piperidine rings is 1. The summed E-state index contributed by atoms with van der Waals surface area (Å²) in [4.78, 5) is 30.3. The molecular formula is C19H23F3N4O2. The second-order valence-electron chi connectivity index (χ2n) is 7.13. The summed E-state index contributed by atoms with van der Waals surface area (Å²) in [5.74, 6) is -0.00481. The quantitative estimate of drug-likeness (QED) is 0.836. The SMILES string of the molecule is CC(=O)N1CCC[C@@H](N(C)C(=O)NCc2cc3cc(C(F)(F)F)ccc3[nH]2)C1. The van der Waals surface area contributed by atoms with Gasteiger partial charge in [-0.2, -0.15) is 13.2 Å². The molecule has 28 heavy (non-hydrogen) atoms. The number of carbonyl (C=O) groups is 2. The lowest BCUT2D eigenvalue weighted by Crippen LogP contribution is -2.52. The number of aromatic nitrogens is 1. The van der Waals surface area contributed by atoms with Crippen LogP contribution in [0, 0.1) is 0 Å². The number of urea groups is 1. The Kier molecular flexibility index (Phi) is 5.53. The van der Waals surface area contributed by atoms with Crippen molar-refractivity contribution in [3.63, 3.8) is 0 Å². The van der Waals surface area contributed by atoms with Crippen molar-refractivity contribution in [2.24, 2.45) is 0 Å². The van der Waals surface area contributed by atoms with Gasteiger partial charge in [0.2, 0.25) is 5.91 Å². The van der Waals surface area contributed by atoms with Gasteiger partial charge in [0.1, 0.15) is 0 Å². The molecule has 6 nitrogen and oxygen atoms in total. The summed E-state index contributed by atoms with van der Waals surface area (Å²) in [5.41, 5.74) is 0.488. The number of likely N-dealkylation sites (N-methyl/N-ethyl adjacent to an activating group) is 1. The molecule has 3 amide bonds. The zero-order valence-corrected chi connectivity index (χ0v) is 15.8. The van der Waals surface area contributed by atoms with Gasteiger partial charge in [-0.15, -0.1) is 0 Å². The van der Waals surface area contributed by atoms with Crippen molar-refractivity contribution in [2.45, 2.75) is 38.5 Å². The van der Waals surface area contributed by atoms with E-state index in [2.05, 4.69) is 10.3 Å². The predicted molar refractivity (Wildman–Crippen MR) is 98.6 cm³/mol. The zero-order valence-electron chi connectivity index (χ0n) is 15.8. The van der Waals surface area contributed by atoms with Crippen LogP contribution >= 0.6 is 0 Å². The average Bonchev–Trinajstić information content (AvgIpc) is 3.07. The van der Waals surface area contributed by atoms with E-state index in [0.717, 1.165) is 25.0 Å². The number of aromatic amines is 1. The fourth-order valence-corrected chi connectivity index (χ4v) is 3.48. The van der Waals surface area contributed by atoms with E-state index in [1.165, 1.54) is 13.0 Å². The number of fused-ring (bicyclic) bond motifs is 1. The van der Waals surface area contributed by atoms with Crippen LogP contribution in [0.1, 0.15) is 31.0 Å². The predicted octanol–water partition coefficient (Wildman–Crippen LogP) is 3.34. The molecule has 2 N–H and O–H groups in total. The first kappa shape index (κ1) is 20.0. The number of halogens is 3. The number of likely N-dealkylation sites (tertiary alicyclic amines) is 1. The maximum Gasteiger partial charge on any atom is 0.416 e. The van der Waals surface area contributed by atoms with E-state index in [1.807, 2.05) is 0 Å². The van der Waals surface area contributed by atoms with Gasteiger partial charge in [-0.25, -0.2) is 4.79 Å². The van der Waals surface area contributed by atoms with E-state index >= 15 is 0 Å². The molecule has 152 valence electrons. The molecule has 1 aliphatic rings. The van der Waals surface area contributed by atoms with Crippen LogP contribution in [0.5, 0.6) is 0 Å². The molecule has 1 saturated heterocycles. The molecule has 0 radical (unpaired) electrons. The molecule has 1 aromatic carbocycles. The van der Waals surface area contributed by atoms with Gasteiger partial charge in [-0.05, 0) is 37.1 Å². The number of alkyl halides is 3. The summed E-state index contributed by atoms with van der Waals surface area (Å²) in [7, 11) is 1.68. The van der Waals surface area contributed by atoms with Crippen molar-refractivity contribution < 1.29 is 22.8 Å². The van der Waals surface area contributed by atoms with Crippen molar-refractivity contribution in [3.8, 4) is 0 Å². The lowest BCUT2D eigenvalue weighted by atomic mass is 10.0. The number of nitrogens with zero attached hydrogens (tertiary/aromatic N) is 2. The van der Waals surface area contributed by atoms with E-state index in [9.17, 15) is 22.8 Å². The minimum absolute atomic E-state index is 0.00481. The van der Waals surface area contributed by atoms with Gasteiger partial charge in [-0.3, -0.25) is 4.79 Å². The maximum absolute atomic E-state index is 12.8. The summed E-state index contributed by atoms with van der Waals surface area (Å²) in [6.45, 7) is 2.90. The molecule has 0 saturated carbocycles. The highest BCUT2D eigenvalue weighted by atomic mass is 19.4. The molecule has 0 unspecified atom stereocenters. The number of benzene rings is 1. The normalized spacial score (nSPS) is 17.6. The Hall–Kier alpha value is -2.71. The number of carbonyl (C=O) groups excluding carboxylic acids is 2. The third-order valence-corrected chi connectivity index (χ3v) is 5.14. The van der Waals surface area contributed by atoms with Crippen molar-refractivity contribution in [2.75, 3.05) is 20.1 Å². The smallest absolute Gasteiger partial charge is 0.357 e. The Balaban J connectivity index is 1.61. The fraction of sp³-hybridized carbons (Fsp3) is 0.474. The number of hydrogen-bond donors (Lipinski definition) is 2. The van der Waals surface area contributed by atoms with E-state index in [1.54, 1.807) is 22.9 Å². The van der Waals surface area contributed by atoms with E-state index in [0.29, 0.717) is 29.7 Å². The number of amides is 3. The van der Waals surface area contributed by atoms with Crippen molar-refractivity contribution >= 4 is 22.8 Å². The number of H-pyrrole nitrogens is 1. The molecule has 0 bridgehead atoms. The molecule has 9 heteroatoms. The van der Waals surface area contributed by atoms with Gasteiger partial charge in [0.25, 0.3) is 0 Å². The second kappa shape index (κ2) is 7.73. The molecule has 0 spiro atoms. The molecule has 1 atom stereocenters. The fourth-order valence-electron chi connectivity index (χ4n) is 3.48. The number of nitrogens with one attached hydrogen (secondary N) is 2. The highest BCUT2D eigenvalue weighted by Gasteiger charge is 2.30. The first-order valence-electron chi connectivity index (χ1n) is 9.10. The van der Waals surface area contributed by atoms with Crippen molar-refractivity contribution in [3.05, 3.63) is 35.5 Å². The van der Waals surface area contributed by atoms with Gasteiger partial charge >= 0.3 is 12.2 Å². The van der Waals surface area contributed by atoms with Crippen LogP contribution in [0.4, 0.5) is 18.0 Å². The van der Waals surface area contributed by atoms with E-state index in [-0.39, 0.29) is 24.5 Å². The Morgan fingerprint density at radius 3 is 2.75 bits per heavy atom. The van der Waals surface area contributed by atoms with Crippen molar-refractivity contribution in [1.29, 1.82) is 0 Å². The Morgan fingerprint density at radius 2 is 2.07 bits per heavy atom. The molecule has 0 aliphatic carbocycles. The lowest BCUT2D eigenvalue weighted by molar-refractivity contribution is -0.137. The van der Waals surface area contributed by atoms with Crippen LogP contribution in [-0.2, 0) is 17.5 Å². The average molecular weight is 396 g/mol. The third-order valence-electron chi connectivity index (χ3n) is 5.14. The number of rotatable bonds is 3. The highest BCUT2D eigenvalue weighted by Crippen LogP contribution is 2.31. The lowest BCUT2D eigenvalue weighted by Gasteiger charge is -2.37. The Bertz CT molecular complexity index is 878. The molecule has 1 aromatic heterocycles. The van der Waals surface area contributed by atoms with Gasteiger partial charge in [-0.1, -0.05) is 0 Å². The summed E-state index contributed by atoms with van der Waals surface area (Å²) >= 11 is 0. The Labute approximate surface area is 160 Å². The molecule has 1 fully saturated rings. The van der Waals surface area contributed by atoms with Crippen molar-refractivity contribution in [1.82, 2.24) is 20.1 Å². The van der Waals surface area contributed by atoms with Crippen LogP contribution in [0.25, 0.3) is 10.9 Å². The van der Waals surface area contributed by atoms with Gasteiger partial charge in [0.15, 0.2) is 0 Å². The number of hydrogen-bond acceptors (Lipinski definition) is 2. The highest BCUT2D eigenvalue weighted by molar-refractivity contribution is 5.81. The minimum Gasteiger partial charge on any atom is -0.357 e. The van der Waals surface area contributed by atoms with E-state index in [4.69, 9.17) is 0 Å². The standard InChI is InChI=1S/C19H23F3N4O2/c1-12(27)26-7-3-4-16(11-26)25(2)18(28)23-10-15-9-13-8-14(19(20,21)22)5-6-17(13)24-15/h5-6,8-9,16,24H,3-4,7,10-11H2,1-2H3,(H,23,28)/t16-/m1/s1. The first-order chi connectivity index (χ1) is 13.1. The summed E-state index contributed by atoms with van der Waals surface area (Å²) in [6, 6.07) is 4.75. The summed E-state index contributed by atoms with van der Waals surface area (Å²) < 4.78 is 38.5. The van der Waals surface area contributed by atoms with Gasteiger partial charge in [0, 0.05) is 43.7 Å². The molecule has 2 heterocycles. The zero-order chi connectivity index (χ0) is 20.5. The first-order valence-corrected chi connectivity index (χ1v) is 9.10. The largest absolute Gasteiger partial charge is 0.416 e. The van der Waals surface area contributed by atoms with Crippen LogP contribution in [0.15, 0.2) is 24.3 Å². The van der Waals surface area contributed by atoms with Gasteiger partial charge in [0.05, 0.1) is 18.2 Å². The monoisotopic (exact) mass is 396 g/mol. The van der Waals surface area contributed by atoms with Crippen LogP contribution in [0.3, 0.4) is 0 Å². The summed E-state index contributed by atoms with van der Waals surface area (Å²) in [6.07, 6.45) is -2.73. The summed E-state index contributed by atoms with van der Waals surface area (Å²) in [5, 5.41) is 3.22. The maximum atomic E-state index is 12.8. The van der Waals surface area contributed by atoms with Gasteiger partial charge < -0.3 is 20.1 Å². The van der Waals surface area contributed by atoms with Crippen LogP contribution < -0.4 is 5.32 Å². The molecule has 3 rings (SSSR count). The third kappa shape index (κ3) is 4.40. The Morgan fingerprint density at radius 1 is 1.32 bits per heavy atom. The molecule has 2 aromatic rings.